The van der Waals surface area contributed by atoms with E-state index >= 15 is 0 Å². The van der Waals surface area contributed by atoms with E-state index in [1.165, 1.54) is 34.7 Å². The highest BCUT2D eigenvalue weighted by Gasteiger charge is 2.17. The molecule has 2 aromatic carbocycles. The molecule has 4 rings (SSSR count). The lowest BCUT2D eigenvalue weighted by atomic mass is 10.1. The molecular weight excluding hydrogens is 408 g/mol. The predicted octanol–water partition coefficient (Wildman–Crippen LogP) is 5.35. The van der Waals surface area contributed by atoms with E-state index < -0.39 is 5.56 Å². The minimum absolute atomic E-state index is 0.280. The van der Waals surface area contributed by atoms with Gasteiger partial charge in [-0.1, -0.05) is 47.1 Å². The number of benzene rings is 2. The molecule has 0 radical (unpaired) electrons. The van der Waals surface area contributed by atoms with Crippen molar-refractivity contribution in [3.05, 3.63) is 87.1 Å². The molecule has 2 heterocycles. The Labute approximate surface area is 167 Å². The molecule has 27 heavy (non-hydrogen) atoms. The summed E-state index contributed by atoms with van der Waals surface area (Å²) in [5.41, 5.74) is 0.776. The summed E-state index contributed by atoms with van der Waals surface area (Å²) in [5, 5.41) is 5.79. The quantitative estimate of drug-likeness (QED) is 0.450. The van der Waals surface area contributed by atoms with Gasteiger partial charge in [0, 0.05) is 10.5 Å². The van der Waals surface area contributed by atoms with Crippen molar-refractivity contribution in [1.29, 1.82) is 0 Å². The maximum atomic E-state index is 13.4. The van der Waals surface area contributed by atoms with Crippen LogP contribution in [-0.2, 0) is 0 Å². The molecule has 4 nitrogen and oxygen atoms in total. The van der Waals surface area contributed by atoms with Gasteiger partial charge < -0.3 is 0 Å². The molecule has 0 aliphatic carbocycles. The van der Waals surface area contributed by atoms with E-state index in [-0.39, 0.29) is 11.4 Å². The van der Waals surface area contributed by atoms with Crippen LogP contribution in [0.25, 0.3) is 16.6 Å². The number of rotatable bonds is 3. The minimum Gasteiger partial charge on any atom is -0.267 e. The fourth-order valence-electron chi connectivity index (χ4n) is 2.66. The first-order valence-corrected chi connectivity index (χ1v) is 9.37. The molecule has 0 unspecified atom stereocenters. The Balaban J connectivity index is 1.85. The van der Waals surface area contributed by atoms with E-state index in [1.807, 2.05) is 0 Å². The summed E-state index contributed by atoms with van der Waals surface area (Å²) in [4.78, 5) is 17.0. The number of hydrogen-bond acceptors (Lipinski definition) is 4. The third-order valence-corrected chi connectivity index (χ3v) is 5.37. The summed E-state index contributed by atoms with van der Waals surface area (Å²) in [6.45, 7) is 0. The Morgan fingerprint density at radius 1 is 0.963 bits per heavy atom. The Hall–Kier alpha value is -2.41. The fraction of sp³-hybridized carbons (Fsp3) is 0. The van der Waals surface area contributed by atoms with Crippen LogP contribution in [0.1, 0.15) is 0 Å². The number of halogens is 3. The van der Waals surface area contributed by atoms with Gasteiger partial charge in [0.1, 0.15) is 17.2 Å². The number of nitrogens with zero attached hydrogens (tertiary/aromatic N) is 3. The summed E-state index contributed by atoms with van der Waals surface area (Å²) in [7, 11) is 0. The van der Waals surface area contributed by atoms with Gasteiger partial charge in [0.05, 0.1) is 21.1 Å². The van der Waals surface area contributed by atoms with Crippen molar-refractivity contribution in [1.82, 2.24) is 14.6 Å². The largest absolute Gasteiger partial charge is 0.281 e. The van der Waals surface area contributed by atoms with Gasteiger partial charge in [0.25, 0.3) is 5.56 Å². The maximum absolute atomic E-state index is 13.4. The first kappa shape index (κ1) is 18.0. The lowest BCUT2D eigenvalue weighted by Crippen LogP contribution is -2.14. The zero-order valence-corrected chi connectivity index (χ0v) is 15.9. The van der Waals surface area contributed by atoms with Gasteiger partial charge in [0.15, 0.2) is 0 Å². The van der Waals surface area contributed by atoms with E-state index in [1.54, 1.807) is 42.5 Å². The molecule has 0 bridgehead atoms. The Morgan fingerprint density at radius 3 is 2.44 bits per heavy atom. The van der Waals surface area contributed by atoms with Crippen molar-refractivity contribution in [2.75, 3.05) is 0 Å². The van der Waals surface area contributed by atoms with Crippen molar-refractivity contribution in [2.45, 2.75) is 9.92 Å². The zero-order chi connectivity index (χ0) is 19.0. The van der Waals surface area contributed by atoms with Gasteiger partial charge in [-0.05, 0) is 42.5 Å². The highest BCUT2D eigenvalue weighted by atomic mass is 35.5. The fourth-order valence-corrected chi connectivity index (χ4v) is 4.08. The van der Waals surface area contributed by atoms with Crippen LogP contribution in [0.2, 0.25) is 10.0 Å². The number of hydrogen-bond donors (Lipinski definition) is 0. The third kappa shape index (κ3) is 3.56. The summed E-state index contributed by atoms with van der Waals surface area (Å²) >= 11 is 13.8. The summed E-state index contributed by atoms with van der Waals surface area (Å²) < 4.78 is 14.9. The molecule has 134 valence electrons. The molecule has 0 atom stereocenters. The first-order valence-electron chi connectivity index (χ1n) is 7.79. The van der Waals surface area contributed by atoms with E-state index in [0.717, 1.165) is 0 Å². The van der Waals surface area contributed by atoms with Crippen molar-refractivity contribution in [2.24, 2.45) is 0 Å². The molecule has 2 aromatic heterocycles. The molecule has 0 saturated carbocycles. The van der Waals surface area contributed by atoms with Crippen molar-refractivity contribution in [3.8, 4) is 11.1 Å². The van der Waals surface area contributed by atoms with E-state index in [2.05, 4.69) is 10.1 Å². The van der Waals surface area contributed by atoms with E-state index in [9.17, 15) is 9.18 Å². The third-order valence-electron chi connectivity index (χ3n) is 3.82. The molecule has 0 spiro atoms. The van der Waals surface area contributed by atoms with Gasteiger partial charge in [0.2, 0.25) is 0 Å². The minimum atomic E-state index is -0.447. The second kappa shape index (κ2) is 7.31. The van der Waals surface area contributed by atoms with Crippen LogP contribution >= 0.6 is 35.0 Å². The Bertz CT molecular complexity index is 1210. The average molecular weight is 418 g/mol. The number of fused-ring (bicyclic) bond motifs is 1. The van der Waals surface area contributed by atoms with Crippen LogP contribution in [0.15, 0.2) is 75.6 Å². The SMILES string of the molecule is O=c1ncn2nc(Sc3cccc(F)c3)ccc2c1-c1c(Cl)cccc1Cl. The second-order valence-corrected chi connectivity index (χ2v) is 7.49. The zero-order valence-electron chi connectivity index (χ0n) is 13.6. The lowest BCUT2D eigenvalue weighted by molar-refractivity contribution is 0.624. The van der Waals surface area contributed by atoms with Gasteiger partial charge in [-0.25, -0.2) is 8.91 Å². The number of aromatic nitrogens is 3. The molecule has 0 aliphatic heterocycles. The Kier molecular flexibility index (Phi) is 4.86. The van der Waals surface area contributed by atoms with Crippen molar-refractivity contribution in [3.63, 3.8) is 0 Å². The van der Waals surface area contributed by atoms with E-state index in [0.29, 0.717) is 31.0 Å². The topological polar surface area (TPSA) is 47.3 Å². The second-order valence-electron chi connectivity index (χ2n) is 5.58. The molecule has 0 N–H and O–H groups in total. The van der Waals surface area contributed by atoms with Crippen LogP contribution < -0.4 is 5.56 Å². The molecule has 4 aromatic rings. The molecular formula is C19H10Cl2FN3OS. The molecule has 8 heteroatoms. The van der Waals surface area contributed by atoms with E-state index in [4.69, 9.17) is 23.2 Å². The predicted molar refractivity (Wildman–Crippen MR) is 105 cm³/mol. The average Bonchev–Trinajstić information content (AvgIpc) is 2.63. The van der Waals surface area contributed by atoms with Crippen molar-refractivity contribution < 1.29 is 4.39 Å². The van der Waals surface area contributed by atoms with Crippen LogP contribution in [0.4, 0.5) is 4.39 Å². The highest BCUT2D eigenvalue weighted by Crippen LogP contribution is 2.35. The van der Waals surface area contributed by atoms with Gasteiger partial charge in [-0.2, -0.15) is 10.1 Å². The van der Waals surface area contributed by atoms with Gasteiger partial charge in [-0.3, -0.25) is 4.79 Å². The van der Waals surface area contributed by atoms with Crippen molar-refractivity contribution >= 4 is 40.5 Å². The molecule has 0 fully saturated rings. The van der Waals surface area contributed by atoms with Crippen LogP contribution in [0, 0.1) is 5.82 Å². The Morgan fingerprint density at radius 2 is 1.70 bits per heavy atom. The summed E-state index contributed by atoms with van der Waals surface area (Å²) in [5.74, 6) is -0.318. The van der Waals surface area contributed by atoms with Gasteiger partial charge >= 0.3 is 0 Å². The highest BCUT2D eigenvalue weighted by molar-refractivity contribution is 7.99. The summed E-state index contributed by atoms with van der Waals surface area (Å²) in [6, 6.07) is 14.7. The molecule has 0 saturated heterocycles. The first-order chi connectivity index (χ1) is 13.0. The molecule has 0 aliphatic rings. The monoisotopic (exact) mass is 417 g/mol. The normalized spacial score (nSPS) is 11.1. The van der Waals surface area contributed by atoms with Crippen LogP contribution in [0.5, 0.6) is 0 Å². The van der Waals surface area contributed by atoms with Gasteiger partial charge in [-0.15, -0.1) is 0 Å². The van der Waals surface area contributed by atoms with Crippen LogP contribution in [0.3, 0.4) is 0 Å². The maximum Gasteiger partial charge on any atom is 0.281 e. The van der Waals surface area contributed by atoms with Crippen LogP contribution in [-0.4, -0.2) is 14.6 Å². The molecule has 0 amide bonds. The summed E-state index contributed by atoms with van der Waals surface area (Å²) in [6.07, 6.45) is 1.33. The smallest absolute Gasteiger partial charge is 0.267 e. The standard InChI is InChI=1S/C19H10Cl2FN3OS/c20-13-5-2-6-14(21)17(13)18-15-7-8-16(24-25(15)10-23-19(18)26)27-12-4-1-3-11(22)9-12/h1-10H. The lowest BCUT2D eigenvalue weighted by Gasteiger charge is -2.10.